The number of rotatable bonds is 3. The highest BCUT2D eigenvalue weighted by Crippen LogP contribution is 2.28. The van der Waals surface area contributed by atoms with Gasteiger partial charge in [0, 0.05) is 28.3 Å². The quantitative estimate of drug-likeness (QED) is 0.856. The van der Waals surface area contributed by atoms with Gasteiger partial charge in [-0.25, -0.2) is 0 Å². The van der Waals surface area contributed by atoms with Gasteiger partial charge in [-0.1, -0.05) is 41.9 Å². The van der Waals surface area contributed by atoms with Crippen molar-refractivity contribution >= 4 is 29.1 Å². The molecule has 1 atom stereocenters. The Bertz CT molecular complexity index is 540. The Balaban J connectivity index is 1.56. The molecule has 0 fully saturated rings. The van der Waals surface area contributed by atoms with Crippen LogP contribution in [0.1, 0.15) is 17.5 Å². The molecule has 0 amide bonds. The maximum Gasteiger partial charge on any atom is 0.0406 e. The molecular formula is C17H18ClNS. The van der Waals surface area contributed by atoms with E-state index in [0.29, 0.717) is 5.25 Å². The molecule has 3 heteroatoms. The predicted octanol–water partition coefficient (Wildman–Crippen LogP) is 5.00. The summed E-state index contributed by atoms with van der Waals surface area (Å²) in [6.07, 6.45) is 2.41. The van der Waals surface area contributed by atoms with E-state index in [2.05, 4.69) is 41.7 Å². The third-order valence-electron chi connectivity index (χ3n) is 3.67. The minimum Gasteiger partial charge on any atom is -0.384 e. The molecule has 3 rings (SSSR count). The molecule has 1 unspecified atom stereocenters. The maximum absolute atomic E-state index is 5.92. The first-order valence-corrected chi connectivity index (χ1v) is 8.42. The summed E-state index contributed by atoms with van der Waals surface area (Å²) >= 11 is 7.95. The molecule has 104 valence electrons. The van der Waals surface area contributed by atoms with Crippen molar-refractivity contribution in [3.63, 3.8) is 0 Å². The van der Waals surface area contributed by atoms with Crippen LogP contribution in [0.15, 0.2) is 48.5 Å². The van der Waals surface area contributed by atoms with Gasteiger partial charge in [0.25, 0.3) is 0 Å². The smallest absolute Gasteiger partial charge is 0.0406 e. The van der Waals surface area contributed by atoms with E-state index in [9.17, 15) is 0 Å². The Kier molecular flexibility index (Phi) is 4.54. The van der Waals surface area contributed by atoms with Gasteiger partial charge in [-0.3, -0.25) is 0 Å². The molecule has 1 aliphatic rings. The van der Waals surface area contributed by atoms with Crippen LogP contribution in [-0.2, 0) is 12.2 Å². The molecule has 0 saturated heterocycles. The summed E-state index contributed by atoms with van der Waals surface area (Å²) in [5.74, 6) is 1.06. The zero-order valence-corrected chi connectivity index (χ0v) is 12.9. The van der Waals surface area contributed by atoms with Gasteiger partial charge in [-0.2, -0.15) is 11.8 Å². The van der Waals surface area contributed by atoms with Gasteiger partial charge in [0.15, 0.2) is 0 Å². The predicted molar refractivity (Wildman–Crippen MR) is 89.8 cm³/mol. The number of hydrogen-bond donors (Lipinski definition) is 1. The SMILES string of the molecule is Clc1ccc(CSC2CCc3ccccc3NC2)cc1. The molecule has 2 aromatic carbocycles. The molecule has 0 saturated carbocycles. The van der Waals surface area contributed by atoms with Crippen molar-refractivity contribution in [1.82, 2.24) is 0 Å². The fraction of sp³-hybridized carbons (Fsp3) is 0.294. The fourth-order valence-corrected chi connectivity index (χ4v) is 3.72. The molecule has 0 bridgehead atoms. The van der Waals surface area contributed by atoms with Crippen LogP contribution in [0.5, 0.6) is 0 Å². The number of thioether (sulfide) groups is 1. The van der Waals surface area contributed by atoms with E-state index in [0.717, 1.165) is 17.3 Å². The van der Waals surface area contributed by atoms with Crippen LogP contribution in [0.4, 0.5) is 5.69 Å². The van der Waals surface area contributed by atoms with Crippen molar-refractivity contribution in [3.05, 3.63) is 64.7 Å². The lowest BCUT2D eigenvalue weighted by molar-refractivity contribution is 0.803. The Morgan fingerprint density at radius 3 is 2.75 bits per heavy atom. The second kappa shape index (κ2) is 6.55. The first-order chi connectivity index (χ1) is 9.81. The van der Waals surface area contributed by atoms with Crippen LogP contribution in [0.3, 0.4) is 0 Å². The van der Waals surface area contributed by atoms with Crippen LogP contribution >= 0.6 is 23.4 Å². The summed E-state index contributed by atoms with van der Waals surface area (Å²) in [7, 11) is 0. The highest BCUT2D eigenvalue weighted by Gasteiger charge is 2.15. The van der Waals surface area contributed by atoms with Gasteiger partial charge in [0.05, 0.1) is 0 Å². The van der Waals surface area contributed by atoms with Crippen LogP contribution in [-0.4, -0.2) is 11.8 Å². The number of hydrogen-bond acceptors (Lipinski definition) is 2. The minimum absolute atomic E-state index is 0.665. The Hall–Kier alpha value is -1.12. The number of halogens is 1. The van der Waals surface area contributed by atoms with Gasteiger partial charge in [0.1, 0.15) is 0 Å². The Morgan fingerprint density at radius 1 is 1.10 bits per heavy atom. The number of aryl methyl sites for hydroxylation is 1. The van der Waals surface area contributed by atoms with E-state index in [1.807, 2.05) is 23.9 Å². The molecule has 0 radical (unpaired) electrons. The summed E-state index contributed by atoms with van der Waals surface area (Å²) in [5, 5.41) is 5.05. The molecule has 0 aliphatic carbocycles. The van der Waals surface area contributed by atoms with E-state index < -0.39 is 0 Å². The van der Waals surface area contributed by atoms with Gasteiger partial charge in [-0.15, -0.1) is 0 Å². The van der Waals surface area contributed by atoms with E-state index in [1.54, 1.807) is 0 Å². The molecule has 20 heavy (non-hydrogen) atoms. The van der Waals surface area contributed by atoms with E-state index in [-0.39, 0.29) is 0 Å². The molecule has 1 heterocycles. The highest BCUT2D eigenvalue weighted by atomic mass is 35.5. The average molecular weight is 304 g/mol. The fourth-order valence-electron chi connectivity index (χ4n) is 2.49. The number of benzene rings is 2. The Morgan fingerprint density at radius 2 is 1.90 bits per heavy atom. The largest absolute Gasteiger partial charge is 0.384 e. The van der Waals surface area contributed by atoms with Crippen molar-refractivity contribution in [2.45, 2.75) is 23.8 Å². The monoisotopic (exact) mass is 303 g/mol. The molecule has 2 aromatic rings. The lowest BCUT2D eigenvalue weighted by Gasteiger charge is -2.14. The lowest BCUT2D eigenvalue weighted by Crippen LogP contribution is -2.14. The van der Waals surface area contributed by atoms with Crippen molar-refractivity contribution in [2.24, 2.45) is 0 Å². The number of para-hydroxylation sites is 1. The normalized spacial score (nSPS) is 17.9. The lowest BCUT2D eigenvalue weighted by atomic mass is 10.1. The summed E-state index contributed by atoms with van der Waals surface area (Å²) in [6, 6.07) is 16.8. The second-order valence-corrected chi connectivity index (χ2v) is 6.86. The third-order valence-corrected chi connectivity index (χ3v) is 5.30. The van der Waals surface area contributed by atoms with Crippen molar-refractivity contribution in [1.29, 1.82) is 0 Å². The zero-order chi connectivity index (χ0) is 13.8. The number of anilines is 1. The van der Waals surface area contributed by atoms with Crippen LogP contribution in [0, 0.1) is 0 Å². The van der Waals surface area contributed by atoms with Gasteiger partial charge in [0.2, 0.25) is 0 Å². The first-order valence-electron chi connectivity index (χ1n) is 6.99. The molecule has 1 aliphatic heterocycles. The molecular weight excluding hydrogens is 286 g/mol. The zero-order valence-electron chi connectivity index (χ0n) is 11.3. The van der Waals surface area contributed by atoms with Gasteiger partial charge in [-0.05, 0) is 42.2 Å². The maximum atomic E-state index is 5.92. The van der Waals surface area contributed by atoms with E-state index in [1.165, 1.54) is 29.7 Å². The molecule has 0 spiro atoms. The summed E-state index contributed by atoms with van der Waals surface area (Å²) < 4.78 is 0. The molecule has 1 nitrogen and oxygen atoms in total. The second-order valence-electron chi connectivity index (χ2n) is 5.14. The summed E-state index contributed by atoms with van der Waals surface area (Å²) in [6.45, 7) is 1.05. The van der Waals surface area contributed by atoms with Gasteiger partial charge < -0.3 is 5.32 Å². The van der Waals surface area contributed by atoms with Crippen molar-refractivity contribution < 1.29 is 0 Å². The Labute approximate surface area is 129 Å². The van der Waals surface area contributed by atoms with Crippen LogP contribution in [0.25, 0.3) is 0 Å². The number of fused-ring (bicyclic) bond motifs is 1. The summed E-state index contributed by atoms with van der Waals surface area (Å²) in [5.41, 5.74) is 4.10. The van der Waals surface area contributed by atoms with Crippen molar-refractivity contribution in [2.75, 3.05) is 11.9 Å². The van der Waals surface area contributed by atoms with Crippen LogP contribution < -0.4 is 5.32 Å². The third kappa shape index (κ3) is 3.50. The van der Waals surface area contributed by atoms with E-state index in [4.69, 9.17) is 11.6 Å². The highest BCUT2D eigenvalue weighted by molar-refractivity contribution is 7.99. The summed E-state index contributed by atoms with van der Waals surface area (Å²) in [4.78, 5) is 0. The molecule has 1 N–H and O–H groups in total. The molecule has 0 aromatic heterocycles. The topological polar surface area (TPSA) is 12.0 Å². The first kappa shape index (κ1) is 13.8. The standard InChI is InChI=1S/C17H18ClNS/c18-15-8-5-13(6-9-15)12-20-16-10-7-14-3-1-2-4-17(14)19-11-16/h1-6,8-9,16,19H,7,10-12H2. The number of nitrogens with one attached hydrogen (secondary N) is 1. The van der Waals surface area contributed by atoms with Gasteiger partial charge >= 0.3 is 0 Å². The average Bonchev–Trinajstić information content (AvgIpc) is 2.69. The van der Waals surface area contributed by atoms with E-state index >= 15 is 0 Å². The van der Waals surface area contributed by atoms with Crippen LogP contribution in [0.2, 0.25) is 5.02 Å². The minimum atomic E-state index is 0.665. The van der Waals surface area contributed by atoms with Crippen molar-refractivity contribution in [3.8, 4) is 0 Å².